The average Bonchev–Trinajstić information content (AvgIpc) is 2.22. The molecule has 2 N–H and O–H groups in total. The maximum Gasteiger partial charge on any atom is 0.123 e. The Balaban J connectivity index is 2.76. The zero-order valence-corrected chi connectivity index (χ0v) is 10.8. The van der Waals surface area contributed by atoms with Gasteiger partial charge in [-0.15, -0.1) is 0 Å². The summed E-state index contributed by atoms with van der Waals surface area (Å²) >= 11 is 6.00. The molecule has 0 saturated heterocycles. The van der Waals surface area contributed by atoms with Crippen molar-refractivity contribution in [2.75, 3.05) is 0 Å². The number of benzene rings is 1. The summed E-state index contributed by atoms with van der Waals surface area (Å²) in [6.45, 7) is 6.39. The fourth-order valence-corrected chi connectivity index (χ4v) is 1.83. The first-order chi connectivity index (χ1) is 7.41. The Kier molecular flexibility index (Phi) is 4.75. The van der Waals surface area contributed by atoms with E-state index in [0.29, 0.717) is 23.3 Å². The van der Waals surface area contributed by atoms with Crippen molar-refractivity contribution in [3.8, 4) is 0 Å². The van der Waals surface area contributed by atoms with Gasteiger partial charge >= 0.3 is 0 Å². The molecule has 90 valence electrons. The predicted molar refractivity (Wildman–Crippen MR) is 67.1 cm³/mol. The summed E-state index contributed by atoms with van der Waals surface area (Å²) in [5.41, 5.74) is 6.88. The van der Waals surface area contributed by atoms with Crippen molar-refractivity contribution in [1.82, 2.24) is 0 Å². The molecule has 0 saturated carbocycles. The van der Waals surface area contributed by atoms with Crippen LogP contribution in [0.3, 0.4) is 0 Å². The normalized spacial score (nSPS) is 15.2. The van der Waals surface area contributed by atoms with E-state index in [1.165, 1.54) is 12.1 Å². The largest absolute Gasteiger partial charge is 0.327 e. The lowest BCUT2D eigenvalue weighted by Gasteiger charge is -2.23. The molecule has 0 radical (unpaired) electrons. The smallest absolute Gasteiger partial charge is 0.123 e. The second-order valence-corrected chi connectivity index (χ2v) is 5.11. The van der Waals surface area contributed by atoms with Gasteiger partial charge in [-0.25, -0.2) is 4.39 Å². The van der Waals surface area contributed by atoms with Crippen molar-refractivity contribution in [2.24, 2.45) is 17.6 Å². The third kappa shape index (κ3) is 3.46. The van der Waals surface area contributed by atoms with Crippen molar-refractivity contribution < 1.29 is 4.39 Å². The minimum absolute atomic E-state index is 0.0132. The minimum Gasteiger partial charge on any atom is -0.327 e. The molecule has 0 fully saturated rings. The van der Waals surface area contributed by atoms with Gasteiger partial charge in [0.05, 0.1) is 0 Å². The highest BCUT2D eigenvalue weighted by molar-refractivity contribution is 6.31. The molecule has 1 aromatic carbocycles. The molecule has 1 nitrogen and oxygen atoms in total. The van der Waals surface area contributed by atoms with Crippen molar-refractivity contribution in [3.63, 3.8) is 0 Å². The molecule has 0 aliphatic carbocycles. The van der Waals surface area contributed by atoms with Crippen LogP contribution in [0.1, 0.15) is 26.3 Å². The zero-order valence-electron chi connectivity index (χ0n) is 10.0. The number of hydrogen-bond acceptors (Lipinski definition) is 1. The highest BCUT2D eigenvalue weighted by Gasteiger charge is 2.17. The predicted octanol–water partition coefficient (Wildman–Crippen LogP) is 3.64. The van der Waals surface area contributed by atoms with Crippen LogP contribution in [0.25, 0.3) is 0 Å². The lowest BCUT2D eigenvalue weighted by Crippen LogP contribution is -2.33. The van der Waals surface area contributed by atoms with Gasteiger partial charge in [0.2, 0.25) is 0 Å². The second-order valence-electron chi connectivity index (χ2n) is 4.71. The van der Waals surface area contributed by atoms with E-state index >= 15 is 0 Å². The van der Waals surface area contributed by atoms with Crippen molar-refractivity contribution >= 4 is 11.6 Å². The van der Waals surface area contributed by atoms with Gasteiger partial charge in [0.25, 0.3) is 0 Å². The summed E-state index contributed by atoms with van der Waals surface area (Å²) in [4.78, 5) is 0. The van der Waals surface area contributed by atoms with Gasteiger partial charge in [-0.1, -0.05) is 32.4 Å². The van der Waals surface area contributed by atoms with Gasteiger partial charge in [0.15, 0.2) is 0 Å². The van der Waals surface area contributed by atoms with E-state index in [0.717, 1.165) is 5.56 Å². The lowest BCUT2D eigenvalue weighted by molar-refractivity contribution is 0.344. The number of rotatable bonds is 4. The van der Waals surface area contributed by atoms with E-state index in [1.54, 1.807) is 6.07 Å². The van der Waals surface area contributed by atoms with E-state index in [4.69, 9.17) is 17.3 Å². The Morgan fingerprint density at radius 1 is 1.31 bits per heavy atom. The Labute approximate surface area is 102 Å². The fraction of sp³-hybridized carbons (Fsp3) is 0.538. The molecule has 2 unspecified atom stereocenters. The molecule has 0 amide bonds. The van der Waals surface area contributed by atoms with Gasteiger partial charge in [0, 0.05) is 11.1 Å². The molecule has 0 spiro atoms. The molecule has 1 aromatic rings. The number of hydrogen-bond donors (Lipinski definition) is 1. The van der Waals surface area contributed by atoms with Crippen LogP contribution >= 0.6 is 11.6 Å². The lowest BCUT2D eigenvalue weighted by atomic mass is 9.87. The average molecular weight is 244 g/mol. The first-order valence-corrected chi connectivity index (χ1v) is 5.99. The topological polar surface area (TPSA) is 26.0 Å². The quantitative estimate of drug-likeness (QED) is 0.859. The van der Waals surface area contributed by atoms with Crippen LogP contribution in [-0.2, 0) is 6.42 Å². The summed E-state index contributed by atoms with van der Waals surface area (Å²) in [6, 6.07) is 4.43. The zero-order chi connectivity index (χ0) is 12.3. The van der Waals surface area contributed by atoms with Crippen LogP contribution < -0.4 is 5.73 Å². The molecular weight excluding hydrogens is 225 g/mol. The van der Waals surface area contributed by atoms with E-state index < -0.39 is 0 Å². The van der Waals surface area contributed by atoms with E-state index in [1.807, 2.05) is 0 Å². The molecule has 16 heavy (non-hydrogen) atoms. The van der Waals surface area contributed by atoms with Crippen LogP contribution in [0.4, 0.5) is 4.39 Å². The third-order valence-electron chi connectivity index (χ3n) is 3.19. The van der Waals surface area contributed by atoms with Gasteiger partial charge in [-0.05, 0) is 42.0 Å². The standard InChI is InChI=1S/C13H19ClFN/c1-8(2)9(3)13(16)7-10-6-11(15)4-5-12(10)14/h4-6,8-9,13H,7,16H2,1-3H3. The summed E-state index contributed by atoms with van der Waals surface area (Å²) in [5.74, 6) is 0.644. The first-order valence-electron chi connectivity index (χ1n) is 5.61. The van der Waals surface area contributed by atoms with E-state index in [2.05, 4.69) is 20.8 Å². The Hall–Kier alpha value is -0.600. The molecule has 1 rings (SSSR count). The highest BCUT2D eigenvalue weighted by Crippen LogP contribution is 2.22. The Morgan fingerprint density at radius 2 is 1.94 bits per heavy atom. The second kappa shape index (κ2) is 5.65. The number of halogens is 2. The van der Waals surface area contributed by atoms with Crippen LogP contribution in [0, 0.1) is 17.7 Å². The number of nitrogens with two attached hydrogens (primary N) is 1. The van der Waals surface area contributed by atoms with Crippen LogP contribution in [0.2, 0.25) is 5.02 Å². The van der Waals surface area contributed by atoms with Crippen molar-refractivity contribution in [2.45, 2.75) is 33.2 Å². The first kappa shape index (κ1) is 13.5. The Morgan fingerprint density at radius 3 is 2.50 bits per heavy atom. The molecule has 0 bridgehead atoms. The fourth-order valence-electron chi connectivity index (χ4n) is 1.63. The van der Waals surface area contributed by atoms with Crippen LogP contribution in [0.5, 0.6) is 0 Å². The summed E-state index contributed by atoms with van der Waals surface area (Å²) < 4.78 is 13.1. The summed E-state index contributed by atoms with van der Waals surface area (Å²) in [7, 11) is 0. The van der Waals surface area contributed by atoms with Gasteiger partial charge in [0.1, 0.15) is 5.82 Å². The van der Waals surface area contributed by atoms with E-state index in [-0.39, 0.29) is 11.9 Å². The third-order valence-corrected chi connectivity index (χ3v) is 3.56. The molecule has 0 aromatic heterocycles. The van der Waals surface area contributed by atoms with Gasteiger partial charge < -0.3 is 5.73 Å². The van der Waals surface area contributed by atoms with Gasteiger partial charge in [-0.2, -0.15) is 0 Å². The molecule has 3 heteroatoms. The molecule has 0 heterocycles. The van der Waals surface area contributed by atoms with Crippen LogP contribution in [0.15, 0.2) is 18.2 Å². The van der Waals surface area contributed by atoms with Gasteiger partial charge in [-0.3, -0.25) is 0 Å². The Bertz CT molecular complexity index is 352. The molecular formula is C13H19ClFN. The van der Waals surface area contributed by atoms with Crippen molar-refractivity contribution in [1.29, 1.82) is 0 Å². The van der Waals surface area contributed by atoms with E-state index in [9.17, 15) is 4.39 Å². The SMILES string of the molecule is CC(C)C(C)C(N)Cc1cc(F)ccc1Cl. The molecule has 0 aliphatic rings. The molecule has 2 atom stereocenters. The van der Waals surface area contributed by atoms with Crippen molar-refractivity contribution in [3.05, 3.63) is 34.6 Å². The maximum absolute atomic E-state index is 13.1. The molecule has 0 aliphatic heterocycles. The monoisotopic (exact) mass is 243 g/mol. The minimum atomic E-state index is -0.260. The highest BCUT2D eigenvalue weighted by atomic mass is 35.5. The summed E-state index contributed by atoms with van der Waals surface area (Å²) in [5, 5.41) is 0.591. The summed E-state index contributed by atoms with van der Waals surface area (Å²) in [6.07, 6.45) is 0.621. The van der Waals surface area contributed by atoms with Crippen LogP contribution in [-0.4, -0.2) is 6.04 Å². The maximum atomic E-state index is 13.1.